The number of hydrogen-bond donors (Lipinski definition) is 1. The first-order chi connectivity index (χ1) is 8.45. The molecule has 4 rings (SSSR count). The third kappa shape index (κ3) is 1.16. The molecule has 0 saturated carbocycles. The van der Waals surface area contributed by atoms with Crippen molar-refractivity contribution in [2.45, 2.75) is 6.04 Å². The van der Waals surface area contributed by atoms with Crippen molar-refractivity contribution in [2.75, 3.05) is 6.67 Å². The molecule has 1 heterocycles. The molecule has 0 amide bonds. The molecule has 2 aromatic rings. The Morgan fingerprint density at radius 3 is 2.47 bits per heavy atom. The Morgan fingerprint density at radius 2 is 1.59 bits per heavy atom. The topological polar surface area (TPSA) is 24.4 Å². The summed E-state index contributed by atoms with van der Waals surface area (Å²) in [6.45, 7) is 0.725. The van der Waals surface area contributed by atoms with Gasteiger partial charge in [-0.3, -0.25) is 10.3 Å². The van der Waals surface area contributed by atoms with E-state index >= 15 is 0 Å². The highest BCUT2D eigenvalue weighted by atomic mass is 15.1. The van der Waals surface area contributed by atoms with Gasteiger partial charge in [0.25, 0.3) is 0 Å². The van der Waals surface area contributed by atoms with Crippen LogP contribution in [-0.2, 0) is 0 Å². The van der Waals surface area contributed by atoms with E-state index in [4.69, 9.17) is 0 Å². The van der Waals surface area contributed by atoms with Gasteiger partial charge in [0, 0.05) is 5.56 Å². The normalized spacial score (nSPS) is 20.2. The van der Waals surface area contributed by atoms with Crippen molar-refractivity contribution in [3.63, 3.8) is 0 Å². The highest BCUT2D eigenvalue weighted by molar-refractivity contribution is 6.13. The number of fused-ring (bicyclic) bond motifs is 6. The molecule has 1 aliphatic carbocycles. The van der Waals surface area contributed by atoms with E-state index in [0.29, 0.717) is 0 Å². The standard InChI is InChI=1S/C15H12N2/c1-3-7-12-10(5-1)11-6-2-4-8-13(11)15-14(12)16-9-17-15/h1-8,14,16H,9H2. The first-order valence-electron chi connectivity index (χ1n) is 5.91. The first-order valence-corrected chi connectivity index (χ1v) is 5.91. The van der Waals surface area contributed by atoms with Crippen LogP contribution < -0.4 is 5.32 Å². The number of nitrogens with zero attached hydrogens (tertiary/aromatic N) is 1. The second-order valence-electron chi connectivity index (χ2n) is 4.47. The Labute approximate surface area is 100 Å². The zero-order chi connectivity index (χ0) is 11.2. The predicted molar refractivity (Wildman–Crippen MR) is 69.2 cm³/mol. The highest BCUT2D eigenvalue weighted by Crippen LogP contribution is 2.39. The molecular formula is C15H12N2. The molecule has 0 aromatic heterocycles. The lowest BCUT2D eigenvalue weighted by Gasteiger charge is -2.25. The lowest BCUT2D eigenvalue weighted by Crippen LogP contribution is -2.25. The zero-order valence-electron chi connectivity index (χ0n) is 9.35. The van der Waals surface area contributed by atoms with E-state index in [1.807, 2.05) is 0 Å². The van der Waals surface area contributed by atoms with Gasteiger partial charge >= 0.3 is 0 Å². The summed E-state index contributed by atoms with van der Waals surface area (Å²) >= 11 is 0. The summed E-state index contributed by atoms with van der Waals surface area (Å²) in [5.74, 6) is 0. The monoisotopic (exact) mass is 220 g/mol. The molecule has 0 fully saturated rings. The largest absolute Gasteiger partial charge is 0.286 e. The van der Waals surface area contributed by atoms with Gasteiger partial charge in [0.1, 0.15) is 0 Å². The van der Waals surface area contributed by atoms with Crippen molar-refractivity contribution in [3.8, 4) is 11.1 Å². The summed E-state index contributed by atoms with van der Waals surface area (Å²) in [5.41, 5.74) is 6.46. The Kier molecular flexibility index (Phi) is 1.76. The van der Waals surface area contributed by atoms with Crippen LogP contribution in [0.5, 0.6) is 0 Å². The number of benzene rings is 2. The second kappa shape index (κ2) is 3.28. The highest BCUT2D eigenvalue weighted by Gasteiger charge is 2.31. The van der Waals surface area contributed by atoms with Crippen LogP contribution >= 0.6 is 0 Å². The molecule has 1 N–H and O–H groups in total. The van der Waals surface area contributed by atoms with Crippen LogP contribution in [0, 0.1) is 0 Å². The molecule has 0 spiro atoms. The van der Waals surface area contributed by atoms with E-state index in [1.165, 1.54) is 28.0 Å². The summed E-state index contributed by atoms with van der Waals surface area (Å²) in [4.78, 5) is 4.60. The van der Waals surface area contributed by atoms with E-state index in [9.17, 15) is 0 Å². The van der Waals surface area contributed by atoms with Crippen LogP contribution in [0.3, 0.4) is 0 Å². The summed E-state index contributed by atoms with van der Waals surface area (Å²) in [6.07, 6.45) is 0. The summed E-state index contributed by atoms with van der Waals surface area (Å²) in [7, 11) is 0. The first kappa shape index (κ1) is 9.14. The molecule has 2 aliphatic rings. The fourth-order valence-corrected chi connectivity index (χ4v) is 2.84. The van der Waals surface area contributed by atoms with E-state index in [2.05, 4.69) is 58.8 Å². The van der Waals surface area contributed by atoms with Gasteiger partial charge in [0.2, 0.25) is 0 Å². The van der Waals surface area contributed by atoms with Crippen LogP contribution in [0.25, 0.3) is 11.1 Å². The molecule has 17 heavy (non-hydrogen) atoms. The maximum atomic E-state index is 4.60. The summed E-state index contributed by atoms with van der Waals surface area (Å²) < 4.78 is 0. The van der Waals surface area contributed by atoms with Crippen LogP contribution in [-0.4, -0.2) is 12.4 Å². The maximum Gasteiger partial charge on any atom is 0.0896 e. The fraction of sp³-hybridized carbons (Fsp3) is 0.133. The molecule has 2 heteroatoms. The van der Waals surface area contributed by atoms with Gasteiger partial charge in [-0.05, 0) is 16.7 Å². The molecule has 0 radical (unpaired) electrons. The van der Waals surface area contributed by atoms with Gasteiger partial charge in [-0.15, -0.1) is 0 Å². The van der Waals surface area contributed by atoms with Crippen LogP contribution in [0.15, 0.2) is 53.5 Å². The summed E-state index contributed by atoms with van der Waals surface area (Å²) in [6, 6.07) is 17.4. The van der Waals surface area contributed by atoms with Crippen molar-refractivity contribution in [1.82, 2.24) is 5.32 Å². The van der Waals surface area contributed by atoms with Gasteiger partial charge < -0.3 is 0 Å². The third-order valence-electron chi connectivity index (χ3n) is 3.58. The zero-order valence-corrected chi connectivity index (χ0v) is 9.35. The van der Waals surface area contributed by atoms with E-state index in [0.717, 1.165) is 6.67 Å². The smallest absolute Gasteiger partial charge is 0.0896 e. The van der Waals surface area contributed by atoms with Gasteiger partial charge in [-0.25, -0.2) is 0 Å². The lowest BCUT2D eigenvalue weighted by atomic mass is 9.81. The van der Waals surface area contributed by atoms with Crippen LogP contribution in [0.4, 0.5) is 0 Å². The molecule has 2 aromatic carbocycles. The number of nitrogens with one attached hydrogen (secondary N) is 1. The number of aliphatic imine (C=N–C) groups is 1. The quantitative estimate of drug-likeness (QED) is 0.725. The molecule has 1 atom stereocenters. The molecule has 2 nitrogen and oxygen atoms in total. The Bertz CT molecular complexity index is 628. The Balaban J connectivity index is 2.10. The minimum Gasteiger partial charge on any atom is -0.286 e. The lowest BCUT2D eigenvalue weighted by molar-refractivity contribution is 0.715. The van der Waals surface area contributed by atoms with Gasteiger partial charge in [0.15, 0.2) is 0 Å². The van der Waals surface area contributed by atoms with Gasteiger partial charge in [0.05, 0.1) is 18.4 Å². The number of rotatable bonds is 0. The average molecular weight is 220 g/mol. The minimum atomic E-state index is 0.279. The summed E-state index contributed by atoms with van der Waals surface area (Å²) in [5, 5.41) is 3.45. The van der Waals surface area contributed by atoms with Crippen molar-refractivity contribution in [3.05, 3.63) is 59.7 Å². The second-order valence-corrected chi connectivity index (χ2v) is 4.47. The Morgan fingerprint density at radius 1 is 0.882 bits per heavy atom. The predicted octanol–water partition coefficient (Wildman–Crippen LogP) is 2.76. The molecule has 0 saturated heterocycles. The van der Waals surface area contributed by atoms with Crippen molar-refractivity contribution in [2.24, 2.45) is 4.99 Å². The molecule has 1 unspecified atom stereocenters. The van der Waals surface area contributed by atoms with Crippen molar-refractivity contribution < 1.29 is 0 Å². The Hall–Kier alpha value is -1.93. The van der Waals surface area contributed by atoms with E-state index in [-0.39, 0.29) is 6.04 Å². The van der Waals surface area contributed by atoms with Crippen LogP contribution in [0.1, 0.15) is 17.2 Å². The molecule has 82 valence electrons. The van der Waals surface area contributed by atoms with Gasteiger partial charge in [-0.1, -0.05) is 48.5 Å². The fourth-order valence-electron chi connectivity index (χ4n) is 2.84. The minimum absolute atomic E-state index is 0.279. The van der Waals surface area contributed by atoms with E-state index < -0.39 is 0 Å². The number of hydrogen-bond acceptors (Lipinski definition) is 2. The van der Waals surface area contributed by atoms with Gasteiger partial charge in [-0.2, -0.15) is 0 Å². The van der Waals surface area contributed by atoms with Crippen LogP contribution in [0.2, 0.25) is 0 Å². The molecule has 1 aliphatic heterocycles. The molecule has 0 bridgehead atoms. The maximum absolute atomic E-state index is 4.60. The van der Waals surface area contributed by atoms with Crippen molar-refractivity contribution in [1.29, 1.82) is 0 Å². The molecular weight excluding hydrogens is 208 g/mol. The SMILES string of the molecule is c1ccc2c(c1)C1=NCNC1c1ccccc1-2. The average Bonchev–Trinajstić information content (AvgIpc) is 2.89. The third-order valence-corrected chi connectivity index (χ3v) is 3.58. The van der Waals surface area contributed by atoms with E-state index in [1.54, 1.807) is 0 Å². The van der Waals surface area contributed by atoms with Crippen molar-refractivity contribution >= 4 is 5.71 Å².